The molecule has 1 aliphatic heterocycles. The molecular formula is C23H21F4N5O3S. The zero-order valence-electron chi connectivity index (χ0n) is 19.8. The van der Waals surface area contributed by atoms with Crippen molar-refractivity contribution >= 4 is 26.6 Å². The van der Waals surface area contributed by atoms with Crippen LogP contribution < -0.4 is 10.1 Å². The van der Waals surface area contributed by atoms with Gasteiger partial charge in [0, 0.05) is 23.2 Å². The van der Waals surface area contributed by atoms with Gasteiger partial charge in [-0.2, -0.15) is 13.2 Å². The highest BCUT2D eigenvalue weighted by Crippen LogP contribution is 2.50. The highest BCUT2D eigenvalue weighted by atomic mass is 32.2. The topological polar surface area (TPSA) is 91.0 Å². The minimum absolute atomic E-state index is 0.0533. The molecule has 0 atom stereocenters. The molecule has 0 unspecified atom stereocenters. The van der Waals surface area contributed by atoms with Crippen molar-refractivity contribution in [3.8, 4) is 22.6 Å². The van der Waals surface area contributed by atoms with Crippen molar-refractivity contribution in [1.82, 2.24) is 18.7 Å². The molecule has 2 aromatic heterocycles. The highest BCUT2D eigenvalue weighted by Gasteiger charge is 2.45. The van der Waals surface area contributed by atoms with E-state index in [0.717, 1.165) is 16.3 Å². The van der Waals surface area contributed by atoms with E-state index in [9.17, 15) is 21.6 Å². The number of aryl methyl sites for hydroxylation is 1. The average Bonchev–Trinajstić information content (AvgIpc) is 3.35. The van der Waals surface area contributed by atoms with Crippen molar-refractivity contribution in [2.24, 2.45) is 0 Å². The number of halogens is 4. The predicted molar refractivity (Wildman–Crippen MR) is 125 cm³/mol. The molecule has 13 heteroatoms. The van der Waals surface area contributed by atoms with Gasteiger partial charge < -0.3 is 10.1 Å². The highest BCUT2D eigenvalue weighted by molar-refractivity contribution is 7.89. The maximum Gasteiger partial charge on any atom is 0.419 e. The fourth-order valence-corrected chi connectivity index (χ4v) is 5.53. The fourth-order valence-electron chi connectivity index (χ4n) is 4.74. The van der Waals surface area contributed by atoms with Crippen molar-refractivity contribution in [2.75, 3.05) is 18.7 Å². The Morgan fingerprint density at radius 1 is 1.14 bits per heavy atom. The van der Waals surface area contributed by atoms with Crippen molar-refractivity contribution in [3.63, 3.8) is 0 Å². The number of benzene rings is 2. The van der Waals surface area contributed by atoms with Crippen LogP contribution in [0.15, 0.2) is 30.5 Å². The second kappa shape index (κ2) is 7.45. The van der Waals surface area contributed by atoms with Crippen LogP contribution in [-0.2, 0) is 21.7 Å². The Bertz CT molecular complexity index is 1670. The third-order valence-corrected chi connectivity index (χ3v) is 7.23. The van der Waals surface area contributed by atoms with Crippen molar-refractivity contribution in [3.05, 3.63) is 53.5 Å². The number of aromatic nitrogens is 4. The molecule has 1 N–H and O–H groups in total. The molecule has 0 saturated carbocycles. The SMILES string of the molecule is COc1cc(-c2c(F)cc3c(c2C(F)(F)F)-n2c(C)nnc2C(C)(C)N3)c2ccn(S(C)(=O)=O)c2c1. The standard InChI is InChI=1S/C23H21F4N5O3S/c1-11-29-30-21-22(2,3)28-16-10-15(24)18(19(23(25,26)27)20(16)32(11)21)14-8-12(35-4)9-17-13(14)6-7-31(17)36(5,33)34/h6-10,28H,1-5H3. The summed E-state index contributed by atoms with van der Waals surface area (Å²) in [6.45, 7) is 4.92. The van der Waals surface area contributed by atoms with E-state index < -0.39 is 38.7 Å². The van der Waals surface area contributed by atoms with Crippen LogP contribution in [0.25, 0.3) is 27.7 Å². The molecule has 0 spiro atoms. The number of anilines is 1. The van der Waals surface area contributed by atoms with Gasteiger partial charge in [-0.3, -0.25) is 4.57 Å². The van der Waals surface area contributed by atoms with Crippen molar-refractivity contribution < 1.29 is 30.7 Å². The minimum atomic E-state index is -5.01. The van der Waals surface area contributed by atoms with Crippen LogP contribution in [0.1, 0.15) is 31.1 Å². The normalized spacial score (nSPS) is 14.9. The lowest BCUT2D eigenvalue weighted by molar-refractivity contribution is -0.137. The smallest absolute Gasteiger partial charge is 0.419 e. The number of hydrogen-bond acceptors (Lipinski definition) is 6. The number of nitrogens with zero attached hydrogens (tertiary/aromatic N) is 4. The molecule has 36 heavy (non-hydrogen) atoms. The summed E-state index contributed by atoms with van der Waals surface area (Å²) in [5.41, 5.74) is -3.44. The van der Waals surface area contributed by atoms with E-state index in [1.807, 2.05) is 0 Å². The third kappa shape index (κ3) is 3.44. The van der Waals surface area contributed by atoms with E-state index in [1.54, 1.807) is 13.8 Å². The predicted octanol–water partition coefficient (Wildman–Crippen LogP) is 4.83. The lowest BCUT2D eigenvalue weighted by Crippen LogP contribution is -2.37. The first-order valence-electron chi connectivity index (χ1n) is 10.7. The number of fused-ring (bicyclic) bond motifs is 4. The number of hydrogen-bond donors (Lipinski definition) is 1. The van der Waals surface area contributed by atoms with Gasteiger partial charge in [-0.15, -0.1) is 10.2 Å². The summed E-state index contributed by atoms with van der Waals surface area (Å²) in [5.74, 6) is -0.649. The maximum atomic E-state index is 15.8. The average molecular weight is 524 g/mol. The van der Waals surface area contributed by atoms with Crippen LogP contribution >= 0.6 is 0 Å². The van der Waals surface area contributed by atoms with E-state index in [-0.39, 0.29) is 45.2 Å². The van der Waals surface area contributed by atoms with E-state index >= 15 is 4.39 Å². The Hall–Kier alpha value is -3.61. The molecule has 8 nitrogen and oxygen atoms in total. The molecule has 0 bridgehead atoms. The number of ether oxygens (including phenoxy) is 1. The lowest BCUT2D eigenvalue weighted by atomic mass is 9.90. The van der Waals surface area contributed by atoms with Crippen molar-refractivity contribution in [1.29, 1.82) is 0 Å². The van der Waals surface area contributed by atoms with Gasteiger partial charge in [-0.1, -0.05) is 0 Å². The van der Waals surface area contributed by atoms with Crippen LogP contribution in [-0.4, -0.2) is 40.5 Å². The summed E-state index contributed by atoms with van der Waals surface area (Å²) in [4.78, 5) is 0. The van der Waals surface area contributed by atoms with E-state index in [1.165, 1.54) is 43.0 Å². The molecule has 4 aromatic rings. The Morgan fingerprint density at radius 2 is 1.83 bits per heavy atom. The van der Waals surface area contributed by atoms with Crippen LogP contribution in [0.4, 0.5) is 23.2 Å². The summed E-state index contributed by atoms with van der Waals surface area (Å²) in [7, 11) is -2.53. The molecule has 0 saturated heterocycles. The summed E-state index contributed by atoms with van der Waals surface area (Å²) in [5, 5.41) is 11.1. The molecular weight excluding hydrogens is 502 g/mol. The molecule has 0 fully saturated rings. The lowest BCUT2D eigenvalue weighted by Gasteiger charge is -2.36. The monoisotopic (exact) mass is 523 g/mol. The summed E-state index contributed by atoms with van der Waals surface area (Å²) in [6.07, 6.45) is -2.85. The molecule has 0 aliphatic carbocycles. The first kappa shape index (κ1) is 24.1. The second-order valence-corrected chi connectivity index (χ2v) is 11.0. The van der Waals surface area contributed by atoms with Gasteiger partial charge in [0.25, 0.3) is 0 Å². The molecule has 0 amide bonds. The summed E-state index contributed by atoms with van der Waals surface area (Å²) >= 11 is 0. The Balaban J connectivity index is 1.97. The van der Waals surface area contributed by atoms with Crippen LogP contribution in [0.3, 0.4) is 0 Å². The van der Waals surface area contributed by atoms with Gasteiger partial charge in [0.1, 0.15) is 17.4 Å². The van der Waals surface area contributed by atoms with Gasteiger partial charge in [-0.05, 0) is 44.5 Å². The Labute approximate surface area is 203 Å². The Morgan fingerprint density at radius 3 is 2.44 bits per heavy atom. The largest absolute Gasteiger partial charge is 0.497 e. The molecule has 190 valence electrons. The second-order valence-electron chi connectivity index (χ2n) is 9.14. The van der Waals surface area contributed by atoms with Crippen LogP contribution in [0.2, 0.25) is 0 Å². The molecule has 2 aromatic carbocycles. The van der Waals surface area contributed by atoms with E-state index in [0.29, 0.717) is 0 Å². The van der Waals surface area contributed by atoms with Gasteiger partial charge in [-0.25, -0.2) is 16.8 Å². The van der Waals surface area contributed by atoms with Gasteiger partial charge in [0.2, 0.25) is 10.0 Å². The molecule has 3 heterocycles. The van der Waals surface area contributed by atoms with Crippen LogP contribution in [0.5, 0.6) is 5.75 Å². The molecule has 0 radical (unpaired) electrons. The number of alkyl halides is 3. The van der Waals surface area contributed by atoms with Gasteiger partial charge >= 0.3 is 6.18 Å². The fraction of sp³-hybridized carbons (Fsp3) is 0.304. The number of rotatable bonds is 3. The zero-order valence-corrected chi connectivity index (χ0v) is 20.6. The zero-order chi connectivity index (χ0) is 26.4. The number of nitrogens with one attached hydrogen (secondary N) is 1. The first-order chi connectivity index (χ1) is 16.6. The summed E-state index contributed by atoms with van der Waals surface area (Å²) < 4.78 is 92.2. The van der Waals surface area contributed by atoms with Gasteiger partial charge in [0.15, 0.2) is 5.82 Å². The van der Waals surface area contributed by atoms with E-state index in [2.05, 4.69) is 15.5 Å². The minimum Gasteiger partial charge on any atom is -0.497 e. The van der Waals surface area contributed by atoms with E-state index in [4.69, 9.17) is 4.74 Å². The molecule has 5 rings (SSSR count). The van der Waals surface area contributed by atoms with Gasteiger partial charge in [0.05, 0.1) is 41.4 Å². The van der Waals surface area contributed by atoms with Crippen molar-refractivity contribution in [2.45, 2.75) is 32.5 Å². The molecule has 1 aliphatic rings. The quantitative estimate of drug-likeness (QED) is 0.387. The Kier molecular flexibility index (Phi) is 4.99. The van der Waals surface area contributed by atoms with Crippen LogP contribution in [0, 0.1) is 12.7 Å². The number of methoxy groups -OCH3 is 1. The summed E-state index contributed by atoms with van der Waals surface area (Å²) in [6, 6.07) is 4.97. The first-order valence-corrected chi connectivity index (χ1v) is 12.5. The third-order valence-electron chi connectivity index (χ3n) is 6.20. The maximum absolute atomic E-state index is 15.8.